The van der Waals surface area contributed by atoms with E-state index in [2.05, 4.69) is 11.0 Å². The highest BCUT2D eigenvalue weighted by molar-refractivity contribution is 5.57. The van der Waals surface area contributed by atoms with Crippen molar-refractivity contribution in [1.29, 1.82) is 5.26 Å². The predicted octanol–water partition coefficient (Wildman–Crippen LogP) is 2.11. The van der Waals surface area contributed by atoms with Crippen LogP contribution in [0.4, 0.5) is 0 Å². The summed E-state index contributed by atoms with van der Waals surface area (Å²) in [7, 11) is 0. The minimum atomic E-state index is 0.0689. The molecule has 2 rings (SSSR count). The summed E-state index contributed by atoms with van der Waals surface area (Å²) in [5, 5.41) is 8.72. The van der Waals surface area contributed by atoms with Crippen LogP contribution in [0.2, 0.25) is 0 Å². The molecule has 1 fully saturated rings. The molecule has 88 valence electrons. The summed E-state index contributed by atoms with van der Waals surface area (Å²) in [6.07, 6.45) is 4.34. The molecule has 0 aromatic heterocycles. The Morgan fingerprint density at radius 3 is 2.76 bits per heavy atom. The molecular weight excluding hydrogens is 212 g/mol. The van der Waals surface area contributed by atoms with E-state index in [0.29, 0.717) is 5.56 Å². The second-order valence-corrected chi connectivity index (χ2v) is 4.48. The number of benzene rings is 1. The zero-order chi connectivity index (χ0) is 12.1. The third-order valence-corrected chi connectivity index (χ3v) is 3.29. The lowest BCUT2D eigenvalue weighted by Gasteiger charge is -2.32. The zero-order valence-electron chi connectivity index (χ0n) is 9.80. The Labute approximate surface area is 102 Å². The van der Waals surface area contributed by atoms with Crippen LogP contribution in [-0.4, -0.2) is 23.8 Å². The highest BCUT2D eigenvalue weighted by Crippen LogP contribution is 2.18. The van der Waals surface area contributed by atoms with Gasteiger partial charge in [0.1, 0.15) is 6.29 Å². The van der Waals surface area contributed by atoms with Gasteiger partial charge in [-0.05, 0) is 37.1 Å². The number of rotatable bonds is 3. The molecule has 0 bridgehead atoms. The molecule has 1 aliphatic rings. The molecule has 17 heavy (non-hydrogen) atoms. The van der Waals surface area contributed by atoms with Crippen molar-refractivity contribution in [3.63, 3.8) is 0 Å². The highest BCUT2D eigenvalue weighted by Gasteiger charge is 2.21. The number of carbonyl (C=O) groups excluding carboxylic acids is 1. The fourth-order valence-corrected chi connectivity index (χ4v) is 2.29. The molecule has 1 unspecified atom stereocenters. The first-order chi connectivity index (χ1) is 8.33. The summed E-state index contributed by atoms with van der Waals surface area (Å²) in [5.74, 6) is 0. The van der Waals surface area contributed by atoms with Crippen molar-refractivity contribution >= 4 is 6.29 Å². The van der Waals surface area contributed by atoms with Gasteiger partial charge >= 0.3 is 0 Å². The second-order valence-electron chi connectivity index (χ2n) is 4.48. The van der Waals surface area contributed by atoms with Crippen molar-refractivity contribution in [2.45, 2.75) is 31.8 Å². The van der Waals surface area contributed by atoms with Crippen molar-refractivity contribution in [3.05, 3.63) is 35.4 Å². The fraction of sp³-hybridized carbons (Fsp3) is 0.429. The molecule has 0 spiro atoms. The Kier molecular flexibility index (Phi) is 3.89. The normalized spacial score (nSPS) is 20.8. The van der Waals surface area contributed by atoms with Crippen LogP contribution in [0.5, 0.6) is 0 Å². The fourth-order valence-electron chi connectivity index (χ4n) is 2.29. The van der Waals surface area contributed by atoms with Gasteiger partial charge in [0.2, 0.25) is 0 Å². The molecule has 3 heteroatoms. The van der Waals surface area contributed by atoms with Crippen LogP contribution in [0.25, 0.3) is 0 Å². The lowest BCUT2D eigenvalue weighted by atomic mass is 10.0. The number of carbonyl (C=O) groups is 1. The van der Waals surface area contributed by atoms with Gasteiger partial charge < -0.3 is 4.79 Å². The van der Waals surface area contributed by atoms with E-state index in [9.17, 15) is 4.79 Å². The molecular formula is C14H16N2O. The van der Waals surface area contributed by atoms with Gasteiger partial charge in [-0.15, -0.1) is 0 Å². The summed E-state index contributed by atoms with van der Waals surface area (Å²) >= 11 is 0. The van der Waals surface area contributed by atoms with Crippen LogP contribution in [0.3, 0.4) is 0 Å². The number of hydrogen-bond acceptors (Lipinski definition) is 3. The molecule has 1 saturated heterocycles. The average Bonchev–Trinajstić information content (AvgIpc) is 2.40. The van der Waals surface area contributed by atoms with Crippen molar-refractivity contribution in [2.24, 2.45) is 0 Å². The number of aldehydes is 1. The Balaban J connectivity index is 2.03. The number of piperidine rings is 1. The molecule has 1 atom stereocenters. The van der Waals surface area contributed by atoms with Crippen molar-refractivity contribution in [3.8, 4) is 6.07 Å². The van der Waals surface area contributed by atoms with Crippen molar-refractivity contribution in [2.75, 3.05) is 6.54 Å². The number of likely N-dealkylation sites (tertiary alicyclic amines) is 1. The van der Waals surface area contributed by atoms with Crippen molar-refractivity contribution in [1.82, 2.24) is 4.90 Å². The lowest BCUT2D eigenvalue weighted by molar-refractivity contribution is -0.113. The Hall–Kier alpha value is -1.66. The molecule has 0 saturated carbocycles. The molecule has 0 N–H and O–H groups in total. The number of hydrogen-bond donors (Lipinski definition) is 0. The standard InChI is InChI=1S/C14H16N2O/c15-9-12-4-6-13(7-5-12)10-16-8-2-1-3-14(16)11-17/h4-7,11,14H,1-3,8,10H2. The largest absolute Gasteiger partial charge is 0.302 e. The third kappa shape index (κ3) is 2.92. The van der Waals surface area contributed by atoms with Gasteiger partial charge in [-0.3, -0.25) is 4.90 Å². The van der Waals surface area contributed by atoms with E-state index in [-0.39, 0.29) is 6.04 Å². The molecule has 1 aromatic carbocycles. The molecule has 0 radical (unpaired) electrons. The van der Waals surface area contributed by atoms with Crippen LogP contribution < -0.4 is 0 Å². The van der Waals surface area contributed by atoms with Gasteiger partial charge in [0, 0.05) is 6.54 Å². The average molecular weight is 228 g/mol. The van der Waals surface area contributed by atoms with Crippen LogP contribution in [0.1, 0.15) is 30.4 Å². The Morgan fingerprint density at radius 2 is 2.12 bits per heavy atom. The van der Waals surface area contributed by atoms with Gasteiger partial charge in [-0.1, -0.05) is 18.6 Å². The summed E-state index contributed by atoms with van der Waals surface area (Å²) in [5.41, 5.74) is 1.84. The van der Waals surface area contributed by atoms with Crippen LogP contribution >= 0.6 is 0 Å². The summed E-state index contributed by atoms with van der Waals surface area (Å²) in [6, 6.07) is 9.77. The highest BCUT2D eigenvalue weighted by atomic mass is 16.1. The topological polar surface area (TPSA) is 44.1 Å². The summed E-state index contributed by atoms with van der Waals surface area (Å²) < 4.78 is 0. The third-order valence-electron chi connectivity index (χ3n) is 3.29. The van der Waals surface area contributed by atoms with Crippen LogP contribution in [-0.2, 0) is 11.3 Å². The first-order valence-electron chi connectivity index (χ1n) is 6.02. The molecule has 0 amide bonds. The van der Waals surface area contributed by atoms with E-state index in [1.54, 1.807) is 0 Å². The maximum atomic E-state index is 11.0. The molecule has 1 aromatic rings. The zero-order valence-corrected chi connectivity index (χ0v) is 9.80. The van der Waals surface area contributed by atoms with Gasteiger partial charge in [-0.25, -0.2) is 0 Å². The monoisotopic (exact) mass is 228 g/mol. The smallest absolute Gasteiger partial charge is 0.137 e. The maximum Gasteiger partial charge on any atom is 0.137 e. The Morgan fingerprint density at radius 1 is 1.35 bits per heavy atom. The minimum Gasteiger partial charge on any atom is -0.302 e. The van der Waals surface area contributed by atoms with Crippen molar-refractivity contribution < 1.29 is 4.79 Å². The van der Waals surface area contributed by atoms with Gasteiger partial charge in [0.25, 0.3) is 0 Å². The molecule has 1 aliphatic heterocycles. The van der Waals surface area contributed by atoms with E-state index in [0.717, 1.165) is 37.8 Å². The maximum absolute atomic E-state index is 11.0. The van der Waals surface area contributed by atoms with Gasteiger partial charge in [0.05, 0.1) is 17.7 Å². The predicted molar refractivity (Wildman–Crippen MR) is 65.3 cm³/mol. The summed E-state index contributed by atoms with van der Waals surface area (Å²) in [6.45, 7) is 1.79. The van der Waals surface area contributed by atoms with E-state index >= 15 is 0 Å². The van der Waals surface area contributed by atoms with E-state index in [1.165, 1.54) is 6.42 Å². The van der Waals surface area contributed by atoms with Crippen LogP contribution in [0, 0.1) is 11.3 Å². The first-order valence-corrected chi connectivity index (χ1v) is 6.02. The van der Waals surface area contributed by atoms with E-state index < -0.39 is 0 Å². The molecule has 1 heterocycles. The molecule has 0 aliphatic carbocycles. The van der Waals surface area contributed by atoms with E-state index in [4.69, 9.17) is 5.26 Å². The summed E-state index contributed by atoms with van der Waals surface area (Å²) in [4.78, 5) is 13.2. The number of nitrogens with zero attached hydrogens (tertiary/aromatic N) is 2. The SMILES string of the molecule is N#Cc1ccc(CN2CCCCC2C=O)cc1. The van der Waals surface area contributed by atoms with Gasteiger partial charge in [0.15, 0.2) is 0 Å². The quantitative estimate of drug-likeness (QED) is 0.744. The first kappa shape index (κ1) is 11.8. The minimum absolute atomic E-state index is 0.0689. The second kappa shape index (κ2) is 5.60. The Bertz CT molecular complexity index is 419. The number of nitriles is 1. The van der Waals surface area contributed by atoms with Gasteiger partial charge in [-0.2, -0.15) is 5.26 Å². The van der Waals surface area contributed by atoms with E-state index in [1.807, 2.05) is 24.3 Å². The molecule has 3 nitrogen and oxygen atoms in total. The lowest BCUT2D eigenvalue weighted by Crippen LogP contribution is -2.39. The van der Waals surface area contributed by atoms with Crippen LogP contribution in [0.15, 0.2) is 24.3 Å².